The van der Waals surface area contributed by atoms with Crippen LogP contribution in [0.5, 0.6) is 0 Å². The number of carbonyl (C=O) groups excluding carboxylic acids is 1. The van der Waals surface area contributed by atoms with Gasteiger partial charge in [-0.1, -0.05) is 56.7 Å². The van der Waals surface area contributed by atoms with E-state index in [1.54, 1.807) is 30.4 Å². The van der Waals surface area contributed by atoms with Gasteiger partial charge in [-0.2, -0.15) is 5.26 Å². The fraction of sp³-hybridized carbons (Fsp3) is 0.121. The number of nitrogens with zero attached hydrogens (tertiary/aromatic N) is 2. The normalized spacial score (nSPS) is 11.3. The van der Waals surface area contributed by atoms with E-state index in [-0.39, 0.29) is 11.5 Å². The van der Waals surface area contributed by atoms with Gasteiger partial charge in [0.25, 0.3) is 5.91 Å². The number of hydrogen-bond acceptors (Lipinski definition) is 3. The van der Waals surface area contributed by atoms with Crippen LogP contribution in [-0.2, 0) is 17.9 Å². The third-order valence-corrected chi connectivity index (χ3v) is 6.55. The lowest BCUT2D eigenvalue weighted by Gasteiger charge is -2.10. The third-order valence-electron chi connectivity index (χ3n) is 6.55. The molecule has 3 aromatic rings. The van der Waals surface area contributed by atoms with Gasteiger partial charge < -0.3 is 15.0 Å². The molecule has 0 saturated carbocycles. The molecule has 1 amide bonds. The number of fused-ring (bicyclic) bond motifs is 1. The summed E-state index contributed by atoms with van der Waals surface area (Å²) >= 11 is 0. The molecule has 196 valence electrons. The van der Waals surface area contributed by atoms with Crippen molar-refractivity contribution < 1.29 is 14.7 Å². The number of nitrogens with one attached hydrogen (secondary N) is 1. The minimum absolute atomic E-state index is 0.0323. The van der Waals surface area contributed by atoms with Gasteiger partial charge in [-0.05, 0) is 78.1 Å². The fourth-order valence-electron chi connectivity index (χ4n) is 4.14. The van der Waals surface area contributed by atoms with Gasteiger partial charge in [0, 0.05) is 35.2 Å². The first-order valence-corrected chi connectivity index (χ1v) is 12.2. The van der Waals surface area contributed by atoms with Crippen LogP contribution < -0.4 is 5.32 Å². The SMILES string of the molecule is C=C/C=C(\C(=C)C(=C)/C=C\C(=C)Cn1c(C)c(C)c2cc(C(=O)NCc3ccc(C#N)cc3)ccc21)C(=O)O. The molecule has 0 aliphatic heterocycles. The molecule has 1 heterocycles. The Morgan fingerprint density at radius 2 is 1.77 bits per heavy atom. The lowest BCUT2D eigenvalue weighted by atomic mass is 9.99. The van der Waals surface area contributed by atoms with Crippen LogP contribution in [0, 0.1) is 25.2 Å². The topological polar surface area (TPSA) is 95.1 Å². The molecule has 3 rings (SSSR count). The average Bonchev–Trinajstić information content (AvgIpc) is 3.17. The molecule has 0 spiro atoms. The number of aryl methyl sites for hydroxylation is 1. The van der Waals surface area contributed by atoms with Gasteiger partial charge in [0.15, 0.2) is 0 Å². The minimum Gasteiger partial charge on any atom is -0.478 e. The average molecular weight is 518 g/mol. The first kappa shape index (κ1) is 28.4. The van der Waals surface area contributed by atoms with Crippen LogP contribution in [0.15, 0.2) is 115 Å². The fourth-order valence-corrected chi connectivity index (χ4v) is 4.14. The Bertz CT molecular complexity index is 1610. The van der Waals surface area contributed by atoms with Crippen LogP contribution in [-0.4, -0.2) is 21.6 Å². The van der Waals surface area contributed by atoms with E-state index in [0.717, 1.165) is 33.3 Å². The number of carboxylic acid groups (broad SMARTS) is 1. The number of amides is 1. The number of allylic oxidation sites excluding steroid dienone is 6. The Labute approximate surface area is 228 Å². The molecule has 0 bridgehead atoms. The number of nitriles is 1. The first-order chi connectivity index (χ1) is 18.6. The second-order valence-corrected chi connectivity index (χ2v) is 9.14. The molecule has 2 aromatic carbocycles. The molecule has 6 heteroatoms. The smallest absolute Gasteiger partial charge is 0.336 e. The lowest BCUT2D eigenvalue weighted by molar-refractivity contribution is -0.132. The molecule has 0 unspecified atom stereocenters. The summed E-state index contributed by atoms with van der Waals surface area (Å²) in [5.41, 5.74) is 6.75. The summed E-state index contributed by atoms with van der Waals surface area (Å²) in [6.45, 7) is 20.4. The molecule has 1 aromatic heterocycles. The lowest BCUT2D eigenvalue weighted by Crippen LogP contribution is -2.22. The number of hydrogen-bond donors (Lipinski definition) is 2. The molecule has 0 aliphatic carbocycles. The van der Waals surface area contributed by atoms with Gasteiger partial charge >= 0.3 is 5.97 Å². The molecular weight excluding hydrogens is 486 g/mol. The van der Waals surface area contributed by atoms with E-state index in [1.807, 2.05) is 38.1 Å². The van der Waals surface area contributed by atoms with Gasteiger partial charge in [-0.3, -0.25) is 4.79 Å². The molecule has 39 heavy (non-hydrogen) atoms. The number of aromatic nitrogens is 1. The van der Waals surface area contributed by atoms with Crippen molar-refractivity contribution in [3.8, 4) is 6.07 Å². The van der Waals surface area contributed by atoms with E-state index < -0.39 is 5.97 Å². The zero-order valence-corrected chi connectivity index (χ0v) is 22.3. The molecule has 0 atom stereocenters. The highest BCUT2D eigenvalue weighted by Crippen LogP contribution is 2.27. The van der Waals surface area contributed by atoms with Crippen molar-refractivity contribution in [2.75, 3.05) is 0 Å². The van der Waals surface area contributed by atoms with E-state index in [0.29, 0.717) is 35.4 Å². The van der Waals surface area contributed by atoms with Crippen LogP contribution in [0.3, 0.4) is 0 Å². The van der Waals surface area contributed by atoms with Crippen LogP contribution in [0.25, 0.3) is 10.9 Å². The van der Waals surface area contributed by atoms with Crippen molar-refractivity contribution in [1.29, 1.82) is 5.26 Å². The van der Waals surface area contributed by atoms with Gasteiger partial charge in [-0.15, -0.1) is 0 Å². The van der Waals surface area contributed by atoms with Crippen molar-refractivity contribution in [3.05, 3.63) is 143 Å². The first-order valence-electron chi connectivity index (χ1n) is 12.2. The molecule has 0 aliphatic rings. The summed E-state index contributed by atoms with van der Waals surface area (Å²) in [6.07, 6.45) is 6.29. The maximum Gasteiger partial charge on any atom is 0.336 e. The second-order valence-electron chi connectivity index (χ2n) is 9.14. The van der Waals surface area contributed by atoms with Crippen molar-refractivity contribution in [1.82, 2.24) is 9.88 Å². The Morgan fingerprint density at radius 3 is 2.38 bits per heavy atom. The van der Waals surface area contributed by atoms with Crippen LogP contribution in [0.2, 0.25) is 0 Å². The van der Waals surface area contributed by atoms with Crippen molar-refractivity contribution >= 4 is 22.8 Å². The van der Waals surface area contributed by atoms with E-state index in [2.05, 4.69) is 42.3 Å². The van der Waals surface area contributed by atoms with E-state index >= 15 is 0 Å². The summed E-state index contributed by atoms with van der Waals surface area (Å²) in [6, 6.07) is 14.8. The highest BCUT2D eigenvalue weighted by Gasteiger charge is 2.15. The predicted octanol–water partition coefficient (Wildman–Crippen LogP) is 6.48. The number of aliphatic carboxylic acids is 1. The molecule has 6 nitrogen and oxygen atoms in total. The molecule has 2 N–H and O–H groups in total. The quantitative estimate of drug-likeness (QED) is 0.225. The summed E-state index contributed by atoms with van der Waals surface area (Å²) in [7, 11) is 0. The van der Waals surface area contributed by atoms with Gasteiger partial charge in [-0.25, -0.2) is 4.79 Å². The molecule has 0 radical (unpaired) electrons. The number of carboxylic acids is 1. The molecule has 0 fully saturated rings. The van der Waals surface area contributed by atoms with Crippen LogP contribution in [0.1, 0.15) is 32.7 Å². The summed E-state index contributed by atoms with van der Waals surface area (Å²) < 4.78 is 2.13. The monoisotopic (exact) mass is 517 g/mol. The van der Waals surface area contributed by atoms with E-state index in [4.69, 9.17) is 5.26 Å². The molecular formula is C33H31N3O3. The van der Waals surface area contributed by atoms with Gasteiger partial charge in [0.2, 0.25) is 0 Å². The highest BCUT2D eigenvalue weighted by atomic mass is 16.4. The summed E-state index contributed by atoms with van der Waals surface area (Å²) in [4.78, 5) is 24.3. The van der Waals surface area contributed by atoms with Crippen LogP contribution in [0.4, 0.5) is 0 Å². The van der Waals surface area contributed by atoms with Crippen LogP contribution >= 0.6 is 0 Å². The number of carbonyl (C=O) groups is 2. The Kier molecular flexibility index (Phi) is 9.03. The highest BCUT2D eigenvalue weighted by molar-refractivity contribution is 5.99. The predicted molar refractivity (Wildman–Crippen MR) is 156 cm³/mol. The van der Waals surface area contributed by atoms with Crippen molar-refractivity contribution in [2.24, 2.45) is 0 Å². The third kappa shape index (κ3) is 6.60. The summed E-state index contributed by atoms with van der Waals surface area (Å²) in [5, 5.41) is 22.2. The Hall–Kier alpha value is -5.15. The standard InChI is InChI=1S/C33H31N3O3/c1-7-8-29(33(38)39)23(4)22(3)10-9-21(2)20-36-25(6)24(5)30-17-28(15-16-31(30)36)32(37)35-19-27-13-11-26(18-34)12-14-27/h7-17H,1-4,19-20H2,5-6H3,(H,35,37)(H,38,39)/b10-9-,29-8+. The maximum atomic E-state index is 12.8. The van der Waals surface area contributed by atoms with Crippen molar-refractivity contribution in [2.45, 2.75) is 26.9 Å². The Balaban J connectivity index is 1.74. The van der Waals surface area contributed by atoms with Crippen molar-refractivity contribution in [3.63, 3.8) is 0 Å². The largest absolute Gasteiger partial charge is 0.478 e. The zero-order valence-electron chi connectivity index (χ0n) is 22.3. The van der Waals surface area contributed by atoms with E-state index in [1.165, 1.54) is 12.2 Å². The number of benzene rings is 2. The second kappa shape index (κ2) is 12.4. The summed E-state index contributed by atoms with van der Waals surface area (Å²) in [5.74, 6) is -1.27. The zero-order chi connectivity index (χ0) is 28.7. The molecule has 0 saturated heterocycles. The number of rotatable bonds is 11. The Morgan fingerprint density at radius 1 is 1.08 bits per heavy atom. The minimum atomic E-state index is -1.10. The van der Waals surface area contributed by atoms with E-state index in [9.17, 15) is 14.7 Å². The maximum absolute atomic E-state index is 12.8. The van der Waals surface area contributed by atoms with Gasteiger partial charge in [0.05, 0.1) is 17.2 Å². The van der Waals surface area contributed by atoms with Gasteiger partial charge in [0.1, 0.15) is 0 Å².